The smallest absolute Gasteiger partial charge is 0.147 e. The third-order valence-corrected chi connectivity index (χ3v) is 7.10. The van der Waals surface area contributed by atoms with Gasteiger partial charge in [0.25, 0.3) is 0 Å². The van der Waals surface area contributed by atoms with Gasteiger partial charge in [-0.15, -0.1) is 0 Å². The van der Waals surface area contributed by atoms with Gasteiger partial charge in [-0.25, -0.2) is 4.98 Å². The van der Waals surface area contributed by atoms with E-state index in [0.29, 0.717) is 12.1 Å². The van der Waals surface area contributed by atoms with E-state index in [4.69, 9.17) is 4.74 Å². The number of morpholine rings is 1. The van der Waals surface area contributed by atoms with E-state index >= 15 is 0 Å². The minimum atomic E-state index is -0.0421. The van der Waals surface area contributed by atoms with Gasteiger partial charge in [0.1, 0.15) is 5.82 Å². The lowest BCUT2D eigenvalue weighted by Crippen LogP contribution is -2.60. The van der Waals surface area contributed by atoms with Gasteiger partial charge in [-0.2, -0.15) is 5.10 Å². The zero-order valence-electron chi connectivity index (χ0n) is 17.6. The molecule has 2 aromatic rings. The van der Waals surface area contributed by atoms with Gasteiger partial charge in [0.2, 0.25) is 0 Å². The van der Waals surface area contributed by atoms with Gasteiger partial charge in [0.15, 0.2) is 0 Å². The van der Waals surface area contributed by atoms with Gasteiger partial charge < -0.3 is 9.64 Å². The van der Waals surface area contributed by atoms with Crippen molar-refractivity contribution < 1.29 is 4.74 Å². The molecule has 0 aromatic carbocycles. The summed E-state index contributed by atoms with van der Waals surface area (Å²) in [6, 6.07) is 1.20. The number of anilines is 1. The van der Waals surface area contributed by atoms with Crippen molar-refractivity contribution in [1.29, 1.82) is 0 Å². The maximum Gasteiger partial charge on any atom is 0.147 e. The van der Waals surface area contributed by atoms with Gasteiger partial charge in [-0.05, 0) is 39.0 Å². The maximum absolute atomic E-state index is 6.46. The molecule has 2 aromatic heterocycles. The second kappa shape index (κ2) is 7.69. The number of nitrogens with zero attached hydrogens (tertiary/aromatic N) is 6. The van der Waals surface area contributed by atoms with Crippen LogP contribution in [0.2, 0.25) is 0 Å². The van der Waals surface area contributed by atoms with Crippen molar-refractivity contribution in [2.24, 2.45) is 0 Å². The van der Waals surface area contributed by atoms with Gasteiger partial charge in [0.05, 0.1) is 24.6 Å². The molecule has 1 spiro atoms. The number of aryl methyl sites for hydroxylation is 1. The summed E-state index contributed by atoms with van der Waals surface area (Å²) < 4.78 is 8.62. The van der Waals surface area contributed by atoms with Crippen LogP contribution in [0.5, 0.6) is 0 Å². The predicted octanol–water partition coefficient (Wildman–Crippen LogP) is 2.79. The van der Waals surface area contributed by atoms with Crippen molar-refractivity contribution >= 4 is 5.82 Å². The van der Waals surface area contributed by atoms with E-state index in [-0.39, 0.29) is 5.60 Å². The molecule has 5 rings (SSSR count). The Hall–Kier alpha value is -1.99. The molecule has 0 saturated carbocycles. The van der Waals surface area contributed by atoms with Crippen LogP contribution in [0.25, 0.3) is 0 Å². The van der Waals surface area contributed by atoms with Crippen molar-refractivity contribution in [3.8, 4) is 0 Å². The first-order valence-corrected chi connectivity index (χ1v) is 11.1. The van der Waals surface area contributed by atoms with Crippen LogP contribution in [-0.2, 0) is 17.8 Å². The molecule has 3 atom stereocenters. The van der Waals surface area contributed by atoms with Crippen molar-refractivity contribution in [3.05, 3.63) is 36.0 Å². The van der Waals surface area contributed by atoms with Gasteiger partial charge >= 0.3 is 0 Å². The Bertz CT molecular complexity index is 823. The Kier molecular flexibility index (Phi) is 5.04. The Morgan fingerprint density at radius 2 is 2.00 bits per heavy atom. The lowest BCUT2D eigenvalue weighted by Gasteiger charge is -2.50. The molecule has 7 heteroatoms. The molecular weight excluding hydrogens is 364 g/mol. The zero-order valence-corrected chi connectivity index (χ0v) is 17.6. The Labute approximate surface area is 173 Å². The highest BCUT2D eigenvalue weighted by molar-refractivity contribution is 5.37. The fraction of sp³-hybridized carbons (Fsp3) is 0.682. The Morgan fingerprint density at radius 1 is 1.17 bits per heavy atom. The number of piperidine rings is 1. The van der Waals surface area contributed by atoms with Gasteiger partial charge in [-0.3, -0.25) is 14.6 Å². The van der Waals surface area contributed by atoms with Crippen LogP contribution in [0, 0.1) is 6.92 Å². The molecule has 0 N–H and O–H groups in total. The van der Waals surface area contributed by atoms with Crippen LogP contribution in [0.1, 0.15) is 50.3 Å². The summed E-state index contributed by atoms with van der Waals surface area (Å²) in [7, 11) is 0. The van der Waals surface area contributed by atoms with E-state index in [1.54, 1.807) is 12.4 Å². The molecule has 3 fully saturated rings. The topological polar surface area (TPSA) is 59.3 Å². The van der Waals surface area contributed by atoms with Gasteiger partial charge in [-0.1, -0.05) is 6.92 Å². The number of hydrogen-bond donors (Lipinski definition) is 0. The molecule has 3 aliphatic rings. The largest absolute Gasteiger partial charge is 0.371 e. The summed E-state index contributed by atoms with van der Waals surface area (Å²) in [4.78, 5) is 13.9. The third-order valence-electron chi connectivity index (χ3n) is 7.10. The molecule has 29 heavy (non-hydrogen) atoms. The van der Waals surface area contributed by atoms with Crippen LogP contribution in [0.3, 0.4) is 0 Å². The van der Waals surface area contributed by atoms with E-state index in [2.05, 4.69) is 49.6 Å². The summed E-state index contributed by atoms with van der Waals surface area (Å²) in [6.07, 6.45) is 13.4. The fourth-order valence-corrected chi connectivity index (χ4v) is 5.67. The van der Waals surface area contributed by atoms with Crippen molar-refractivity contribution in [3.63, 3.8) is 0 Å². The van der Waals surface area contributed by atoms with Crippen molar-refractivity contribution in [2.45, 2.75) is 76.7 Å². The highest BCUT2D eigenvalue weighted by Crippen LogP contribution is 2.45. The summed E-state index contributed by atoms with van der Waals surface area (Å²) in [6.45, 7) is 9.06. The average Bonchev–Trinajstić information content (AvgIpc) is 3.20. The fourth-order valence-electron chi connectivity index (χ4n) is 5.67. The summed E-state index contributed by atoms with van der Waals surface area (Å²) >= 11 is 0. The monoisotopic (exact) mass is 396 g/mol. The van der Waals surface area contributed by atoms with E-state index in [0.717, 1.165) is 57.9 Å². The molecule has 156 valence electrons. The maximum atomic E-state index is 6.46. The van der Waals surface area contributed by atoms with E-state index < -0.39 is 0 Å². The summed E-state index contributed by atoms with van der Waals surface area (Å²) in [5.74, 6) is 0.976. The van der Waals surface area contributed by atoms with Crippen LogP contribution < -0.4 is 4.90 Å². The standard InChI is InChI=1S/C22H32N6O/c1-3-8-28-17(2)18(13-25-28)15-27-19-4-5-20(27)12-22(11-19)16-26(9-10-29-22)21-14-23-6-7-24-21/h6-7,13-14,19-20H,3-5,8-12,15-16H2,1-2H3/t19-,20+,22?. The van der Waals surface area contributed by atoms with Crippen molar-refractivity contribution in [1.82, 2.24) is 24.6 Å². The number of aromatic nitrogens is 4. The minimum absolute atomic E-state index is 0.0421. The number of ether oxygens (including phenoxy) is 1. The Morgan fingerprint density at radius 3 is 2.72 bits per heavy atom. The van der Waals surface area contributed by atoms with Crippen LogP contribution in [-0.4, -0.2) is 62.0 Å². The summed E-state index contributed by atoms with van der Waals surface area (Å²) in [5.41, 5.74) is 2.67. The summed E-state index contributed by atoms with van der Waals surface area (Å²) in [5, 5.41) is 4.61. The average molecular weight is 397 g/mol. The van der Waals surface area contributed by atoms with Crippen molar-refractivity contribution in [2.75, 3.05) is 24.6 Å². The van der Waals surface area contributed by atoms with E-state index in [1.165, 1.54) is 24.1 Å². The second-order valence-corrected chi connectivity index (χ2v) is 8.96. The van der Waals surface area contributed by atoms with Crippen LogP contribution in [0.15, 0.2) is 24.8 Å². The van der Waals surface area contributed by atoms with E-state index in [9.17, 15) is 0 Å². The third kappa shape index (κ3) is 3.55. The number of fused-ring (bicyclic) bond motifs is 2. The number of rotatable bonds is 5. The van der Waals surface area contributed by atoms with Crippen LogP contribution >= 0.6 is 0 Å². The Balaban J connectivity index is 1.30. The lowest BCUT2D eigenvalue weighted by molar-refractivity contribution is -0.112. The molecule has 0 radical (unpaired) electrons. The molecule has 3 aliphatic heterocycles. The first-order chi connectivity index (χ1) is 14.2. The van der Waals surface area contributed by atoms with E-state index in [1.807, 2.05) is 6.20 Å². The highest BCUT2D eigenvalue weighted by atomic mass is 16.5. The molecular formula is C22H32N6O. The molecule has 0 aliphatic carbocycles. The molecule has 5 heterocycles. The zero-order chi connectivity index (χ0) is 19.8. The first kappa shape index (κ1) is 19.0. The quantitative estimate of drug-likeness (QED) is 0.775. The molecule has 3 saturated heterocycles. The molecule has 0 amide bonds. The van der Waals surface area contributed by atoms with Crippen LogP contribution in [0.4, 0.5) is 5.82 Å². The second-order valence-electron chi connectivity index (χ2n) is 8.96. The minimum Gasteiger partial charge on any atom is -0.371 e. The number of hydrogen-bond acceptors (Lipinski definition) is 6. The molecule has 7 nitrogen and oxygen atoms in total. The highest BCUT2D eigenvalue weighted by Gasteiger charge is 2.51. The lowest BCUT2D eigenvalue weighted by atomic mass is 9.84. The molecule has 1 unspecified atom stereocenters. The predicted molar refractivity (Wildman–Crippen MR) is 112 cm³/mol. The SMILES string of the molecule is CCCn1ncc(CN2[C@@H]3CC[C@H]2CC2(C3)CN(c3cnccn3)CCO2)c1C. The van der Waals surface area contributed by atoms with Gasteiger partial charge in [0, 0.05) is 61.9 Å². The first-order valence-electron chi connectivity index (χ1n) is 11.1. The normalized spacial score (nSPS) is 29.7. The molecule has 2 bridgehead atoms.